The van der Waals surface area contributed by atoms with Crippen LogP contribution in [0.1, 0.15) is 40.5 Å². The molecule has 0 unspecified atom stereocenters. The van der Waals surface area contributed by atoms with Crippen LogP contribution in [-0.2, 0) is 14.3 Å². The van der Waals surface area contributed by atoms with Gasteiger partial charge in [0.2, 0.25) is 0 Å². The molecule has 2 N–H and O–H groups in total. The van der Waals surface area contributed by atoms with Gasteiger partial charge in [0.15, 0.2) is 0 Å². The fourth-order valence-electron chi connectivity index (χ4n) is 3.63. The average molecular weight is 552 g/mol. The molecule has 0 saturated heterocycles. The van der Waals surface area contributed by atoms with Gasteiger partial charge in [-0.1, -0.05) is 48.7 Å². The van der Waals surface area contributed by atoms with Gasteiger partial charge in [0.25, 0.3) is 17.7 Å². The van der Waals surface area contributed by atoms with Crippen molar-refractivity contribution in [3.8, 4) is 0 Å². The minimum Gasteiger partial charge on any atom is -0.462 e. The number of nitrogens with zero attached hydrogens (tertiary/aromatic N) is 1. The molecule has 0 aromatic heterocycles. The van der Waals surface area contributed by atoms with Gasteiger partial charge in [0.1, 0.15) is 10.7 Å². The highest BCUT2D eigenvalue weighted by Gasteiger charge is 2.39. The highest BCUT2D eigenvalue weighted by atomic mass is 35.5. The van der Waals surface area contributed by atoms with Gasteiger partial charge >= 0.3 is 5.97 Å². The number of unbranched alkanes of at least 4 members (excludes halogenated alkanes) is 1. The van der Waals surface area contributed by atoms with E-state index in [9.17, 15) is 19.2 Å². The fourth-order valence-corrected chi connectivity index (χ4v) is 4.03. The molecule has 0 atom stereocenters. The molecule has 4 rings (SSSR count). The van der Waals surface area contributed by atoms with Gasteiger partial charge in [-0.15, -0.1) is 0 Å². The predicted molar refractivity (Wildman–Crippen MR) is 146 cm³/mol. The molecule has 3 amide bonds. The van der Waals surface area contributed by atoms with E-state index >= 15 is 0 Å². The van der Waals surface area contributed by atoms with E-state index in [0.29, 0.717) is 34.1 Å². The van der Waals surface area contributed by atoms with Gasteiger partial charge in [-0.3, -0.25) is 14.4 Å². The van der Waals surface area contributed by atoms with Crippen LogP contribution < -0.4 is 15.5 Å². The average Bonchev–Trinajstić information content (AvgIpc) is 3.12. The number of benzene rings is 3. The number of nitrogens with one attached hydrogen (secondary N) is 2. The van der Waals surface area contributed by atoms with E-state index in [1.807, 2.05) is 6.92 Å². The van der Waals surface area contributed by atoms with Gasteiger partial charge < -0.3 is 15.4 Å². The summed E-state index contributed by atoms with van der Waals surface area (Å²) in [5, 5.41) is 5.70. The second kappa shape index (κ2) is 11.9. The quantitative estimate of drug-likeness (QED) is 0.192. The Hall–Kier alpha value is -4.14. The van der Waals surface area contributed by atoms with Gasteiger partial charge in [-0.05, 0) is 67.1 Å². The third kappa shape index (κ3) is 6.04. The first-order valence-electron chi connectivity index (χ1n) is 11.8. The summed E-state index contributed by atoms with van der Waals surface area (Å²) in [6, 6.07) is 19.0. The number of imide groups is 1. The van der Waals surface area contributed by atoms with E-state index in [4.69, 9.17) is 27.9 Å². The summed E-state index contributed by atoms with van der Waals surface area (Å²) in [6.45, 7) is 2.37. The van der Waals surface area contributed by atoms with Crippen LogP contribution in [0, 0.1) is 0 Å². The molecule has 1 heterocycles. The Morgan fingerprint density at radius 3 is 2.32 bits per heavy atom. The Bertz CT molecular complexity index is 1440. The molecule has 38 heavy (non-hydrogen) atoms. The highest BCUT2D eigenvalue weighted by Crippen LogP contribution is 2.31. The Labute approximate surface area is 229 Å². The normalized spacial score (nSPS) is 13.1. The number of ether oxygens (including phenoxy) is 1. The molecule has 3 aromatic rings. The van der Waals surface area contributed by atoms with Crippen molar-refractivity contribution in [3.63, 3.8) is 0 Å². The maximum Gasteiger partial charge on any atom is 0.338 e. The lowest BCUT2D eigenvalue weighted by atomic mass is 10.1. The predicted octanol–water partition coefficient (Wildman–Crippen LogP) is 5.98. The van der Waals surface area contributed by atoms with Gasteiger partial charge in [0.05, 0.1) is 17.9 Å². The number of hydrogen-bond acceptors (Lipinski definition) is 6. The molecule has 3 aromatic carbocycles. The molecule has 0 radical (unpaired) electrons. The fraction of sp³-hybridized carbons (Fsp3) is 0.143. The first-order chi connectivity index (χ1) is 18.3. The van der Waals surface area contributed by atoms with Crippen molar-refractivity contribution in [2.45, 2.75) is 19.8 Å². The molecule has 0 spiro atoms. The summed E-state index contributed by atoms with van der Waals surface area (Å²) in [6.07, 6.45) is 1.72. The summed E-state index contributed by atoms with van der Waals surface area (Å²) in [7, 11) is 0. The third-order valence-corrected chi connectivity index (χ3v) is 6.18. The second-order valence-corrected chi connectivity index (χ2v) is 9.16. The first kappa shape index (κ1) is 26.9. The number of anilines is 3. The highest BCUT2D eigenvalue weighted by molar-refractivity contribution is 6.53. The SMILES string of the molecule is CCCCOC(=O)c1ccc(NC(=O)c2cccc(NC3=C(Cl)C(=O)N(c4cccc(Cl)c4)C3=O)c2)cc1. The van der Waals surface area contributed by atoms with Crippen molar-refractivity contribution in [2.75, 3.05) is 22.1 Å². The summed E-state index contributed by atoms with van der Waals surface area (Å²) >= 11 is 12.2. The Morgan fingerprint density at radius 2 is 1.61 bits per heavy atom. The van der Waals surface area contributed by atoms with Crippen LogP contribution in [0.5, 0.6) is 0 Å². The number of carbonyl (C=O) groups excluding carboxylic acids is 4. The number of rotatable bonds is 9. The molecule has 0 fully saturated rings. The molecule has 8 nitrogen and oxygen atoms in total. The van der Waals surface area contributed by atoms with E-state index in [0.717, 1.165) is 17.7 Å². The molecule has 1 aliphatic heterocycles. The zero-order valence-electron chi connectivity index (χ0n) is 20.3. The van der Waals surface area contributed by atoms with Gasteiger partial charge in [0, 0.05) is 22.0 Å². The smallest absolute Gasteiger partial charge is 0.338 e. The molecule has 1 aliphatic rings. The lowest BCUT2D eigenvalue weighted by molar-refractivity contribution is -0.120. The van der Waals surface area contributed by atoms with Crippen LogP contribution in [0.2, 0.25) is 5.02 Å². The summed E-state index contributed by atoms with van der Waals surface area (Å²) in [4.78, 5) is 51.5. The van der Waals surface area contributed by atoms with Crippen molar-refractivity contribution in [2.24, 2.45) is 0 Å². The molecular weight excluding hydrogens is 529 g/mol. The summed E-state index contributed by atoms with van der Waals surface area (Å²) in [5.41, 5.74) is 1.71. The lowest BCUT2D eigenvalue weighted by Gasteiger charge is -2.15. The summed E-state index contributed by atoms with van der Waals surface area (Å²) in [5.74, 6) is -2.17. The molecular formula is C28H23Cl2N3O5. The van der Waals surface area contributed by atoms with Crippen molar-refractivity contribution in [1.82, 2.24) is 0 Å². The third-order valence-electron chi connectivity index (χ3n) is 5.60. The standard InChI is InChI=1S/C28H23Cl2N3O5/c1-2-3-14-38-28(37)17-10-12-20(13-11-17)32-25(34)18-6-4-8-21(15-18)31-24-23(30)26(35)33(27(24)36)22-9-5-7-19(29)16-22/h4-13,15-16,31H,2-3,14H2,1H3,(H,32,34). The van der Waals surface area contributed by atoms with Crippen LogP contribution in [0.3, 0.4) is 0 Å². The van der Waals surface area contributed by atoms with E-state index in [-0.39, 0.29) is 16.4 Å². The van der Waals surface area contributed by atoms with Crippen LogP contribution in [0.4, 0.5) is 17.1 Å². The number of halogens is 2. The van der Waals surface area contributed by atoms with Gasteiger partial charge in [-0.25, -0.2) is 9.69 Å². The lowest BCUT2D eigenvalue weighted by Crippen LogP contribution is -2.32. The number of carbonyl (C=O) groups is 4. The van der Waals surface area contributed by atoms with Crippen molar-refractivity contribution in [1.29, 1.82) is 0 Å². The van der Waals surface area contributed by atoms with Crippen molar-refractivity contribution in [3.05, 3.63) is 99.7 Å². The second-order valence-electron chi connectivity index (χ2n) is 8.34. The molecule has 10 heteroatoms. The minimum atomic E-state index is -0.687. The van der Waals surface area contributed by atoms with Crippen LogP contribution >= 0.6 is 23.2 Å². The van der Waals surface area contributed by atoms with Crippen molar-refractivity contribution >= 4 is 64.0 Å². The Balaban J connectivity index is 1.43. The molecule has 0 aliphatic carbocycles. The number of hydrogen-bond donors (Lipinski definition) is 2. The molecule has 0 saturated carbocycles. The maximum absolute atomic E-state index is 13.0. The largest absolute Gasteiger partial charge is 0.462 e. The van der Waals surface area contributed by atoms with E-state index in [1.54, 1.807) is 60.7 Å². The first-order valence-corrected chi connectivity index (χ1v) is 12.5. The van der Waals surface area contributed by atoms with Crippen LogP contribution in [0.15, 0.2) is 83.5 Å². The van der Waals surface area contributed by atoms with Gasteiger partial charge in [-0.2, -0.15) is 0 Å². The summed E-state index contributed by atoms with van der Waals surface area (Å²) < 4.78 is 5.18. The molecule has 194 valence electrons. The van der Waals surface area contributed by atoms with E-state index in [1.165, 1.54) is 12.1 Å². The number of esters is 1. The van der Waals surface area contributed by atoms with Crippen LogP contribution in [0.25, 0.3) is 0 Å². The van der Waals surface area contributed by atoms with Crippen LogP contribution in [-0.4, -0.2) is 30.3 Å². The minimum absolute atomic E-state index is 0.115. The Kier molecular flexibility index (Phi) is 8.45. The zero-order valence-corrected chi connectivity index (χ0v) is 21.8. The molecule has 0 bridgehead atoms. The van der Waals surface area contributed by atoms with Crippen molar-refractivity contribution < 1.29 is 23.9 Å². The topological polar surface area (TPSA) is 105 Å². The van der Waals surface area contributed by atoms with E-state index < -0.39 is 23.7 Å². The Morgan fingerprint density at radius 1 is 0.868 bits per heavy atom. The van der Waals surface area contributed by atoms with E-state index in [2.05, 4.69) is 10.6 Å². The zero-order chi connectivity index (χ0) is 27.2. The maximum atomic E-state index is 13.0. The monoisotopic (exact) mass is 551 g/mol. The number of amides is 3.